The molecule has 0 spiro atoms. The first-order valence-electron chi connectivity index (χ1n) is 5.85. The minimum absolute atomic E-state index is 0.0463. The van der Waals surface area contributed by atoms with Gasteiger partial charge < -0.3 is 16.2 Å². The number of rotatable bonds is 3. The molecule has 100 valence electrons. The number of nitrogen functional groups attached to an aromatic ring is 1. The molecule has 1 aromatic carbocycles. The zero-order valence-corrected chi connectivity index (χ0v) is 10.8. The average Bonchev–Trinajstić information content (AvgIpc) is 2.61. The van der Waals surface area contributed by atoms with Crippen molar-refractivity contribution < 1.29 is 9.90 Å². The van der Waals surface area contributed by atoms with E-state index in [1.807, 2.05) is 19.9 Å². The van der Waals surface area contributed by atoms with E-state index in [1.54, 1.807) is 18.2 Å². The summed E-state index contributed by atoms with van der Waals surface area (Å²) < 4.78 is 1.51. The second-order valence-electron chi connectivity index (χ2n) is 4.44. The lowest BCUT2D eigenvalue weighted by Gasteiger charge is -2.08. The topological polar surface area (TPSA) is 93.2 Å². The molecule has 6 heteroatoms. The number of hydrogen-bond acceptors (Lipinski definition) is 4. The number of aromatic nitrogens is 2. The molecule has 19 heavy (non-hydrogen) atoms. The summed E-state index contributed by atoms with van der Waals surface area (Å²) in [7, 11) is 0. The van der Waals surface area contributed by atoms with Crippen molar-refractivity contribution in [1.29, 1.82) is 0 Å². The van der Waals surface area contributed by atoms with Gasteiger partial charge in [0, 0.05) is 11.8 Å². The summed E-state index contributed by atoms with van der Waals surface area (Å²) in [5, 5.41) is 16.3. The van der Waals surface area contributed by atoms with Crippen molar-refractivity contribution in [2.75, 3.05) is 11.1 Å². The highest BCUT2D eigenvalue weighted by Crippen LogP contribution is 2.23. The number of nitrogens with zero attached hydrogens (tertiary/aromatic N) is 2. The number of benzene rings is 1. The van der Waals surface area contributed by atoms with E-state index in [9.17, 15) is 9.90 Å². The third-order valence-electron chi connectivity index (χ3n) is 2.72. The molecule has 0 atom stereocenters. The van der Waals surface area contributed by atoms with Gasteiger partial charge >= 0.3 is 0 Å². The van der Waals surface area contributed by atoms with Gasteiger partial charge in [0.2, 0.25) is 5.91 Å². The molecular weight excluding hydrogens is 244 g/mol. The Kier molecular flexibility index (Phi) is 3.41. The second-order valence-corrected chi connectivity index (χ2v) is 4.44. The van der Waals surface area contributed by atoms with Crippen molar-refractivity contribution >= 4 is 17.4 Å². The molecule has 1 heterocycles. The van der Waals surface area contributed by atoms with Crippen molar-refractivity contribution in [2.24, 2.45) is 0 Å². The molecule has 4 N–H and O–H groups in total. The molecule has 2 aromatic rings. The van der Waals surface area contributed by atoms with Gasteiger partial charge in [-0.15, -0.1) is 0 Å². The number of nitrogens with one attached hydrogen (secondary N) is 1. The zero-order chi connectivity index (χ0) is 14.0. The molecule has 0 fully saturated rings. The molecular formula is C13H16N4O2. The lowest BCUT2D eigenvalue weighted by molar-refractivity contribution is -0.116. The first-order chi connectivity index (χ1) is 8.95. The predicted octanol–water partition coefficient (Wildman–Crippen LogP) is 1.43. The van der Waals surface area contributed by atoms with E-state index in [4.69, 9.17) is 5.73 Å². The normalized spacial score (nSPS) is 10.4. The molecule has 0 aliphatic carbocycles. The largest absolute Gasteiger partial charge is 0.506 e. The first kappa shape index (κ1) is 12.9. The van der Waals surface area contributed by atoms with Crippen LogP contribution in [0.1, 0.15) is 11.3 Å². The standard InChI is InChI=1S/C13H16N4O2/c1-8-3-4-10(11(18)5-8)15-13(19)7-17-9(2)6-12(14)16-17/h3-6,18H,7H2,1-2H3,(H2,14,16)(H,15,19). The van der Waals surface area contributed by atoms with Crippen LogP contribution in [0.3, 0.4) is 0 Å². The van der Waals surface area contributed by atoms with E-state index in [2.05, 4.69) is 10.4 Å². The number of phenols is 1. The van der Waals surface area contributed by atoms with Gasteiger partial charge in [0.05, 0.1) is 5.69 Å². The second kappa shape index (κ2) is 5.01. The van der Waals surface area contributed by atoms with Gasteiger partial charge in [-0.05, 0) is 31.5 Å². The van der Waals surface area contributed by atoms with Crippen LogP contribution < -0.4 is 11.1 Å². The lowest BCUT2D eigenvalue weighted by Crippen LogP contribution is -2.20. The summed E-state index contributed by atoms with van der Waals surface area (Å²) in [6.45, 7) is 3.73. The fourth-order valence-corrected chi connectivity index (χ4v) is 1.77. The van der Waals surface area contributed by atoms with E-state index < -0.39 is 0 Å². The minimum Gasteiger partial charge on any atom is -0.506 e. The van der Waals surface area contributed by atoms with Gasteiger partial charge in [-0.3, -0.25) is 9.48 Å². The molecule has 2 rings (SSSR count). The monoisotopic (exact) mass is 260 g/mol. The van der Waals surface area contributed by atoms with E-state index >= 15 is 0 Å². The number of hydrogen-bond donors (Lipinski definition) is 3. The number of anilines is 2. The van der Waals surface area contributed by atoms with Gasteiger partial charge in [0.1, 0.15) is 18.1 Å². The van der Waals surface area contributed by atoms with E-state index in [0.717, 1.165) is 11.3 Å². The van der Waals surface area contributed by atoms with Crippen molar-refractivity contribution in [3.63, 3.8) is 0 Å². The Labute approximate surface area is 110 Å². The predicted molar refractivity (Wildman–Crippen MR) is 72.8 cm³/mol. The number of carbonyl (C=O) groups excluding carboxylic acids is 1. The summed E-state index contributed by atoms with van der Waals surface area (Å²) in [4.78, 5) is 11.9. The number of aryl methyl sites for hydroxylation is 2. The maximum Gasteiger partial charge on any atom is 0.246 e. The fraction of sp³-hybridized carbons (Fsp3) is 0.231. The van der Waals surface area contributed by atoms with Crippen LogP contribution in [0.15, 0.2) is 24.3 Å². The molecule has 0 aliphatic rings. The quantitative estimate of drug-likeness (QED) is 0.728. The van der Waals surface area contributed by atoms with Gasteiger partial charge in [0.15, 0.2) is 0 Å². The number of carbonyl (C=O) groups is 1. The van der Waals surface area contributed by atoms with E-state index in [-0.39, 0.29) is 18.2 Å². The Morgan fingerprint density at radius 3 is 2.74 bits per heavy atom. The zero-order valence-electron chi connectivity index (χ0n) is 10.8. The number of phenolic OH excluding ortho intramolecular Hbond substituents is 1. The third kappa shape index (κ3) is 3.04. The molecule has 1 aromatic heterocycles. The highest BCUT2D eigenvalue weighted by Gasteiger charge is 2.09. The number of nitrogens with two attached hydrogens (primary N) is 1. The first-order valence-corrected chi connectivity index (χ1v) is 5.85. The molecule has 0 saturated heterocycles. The number of aromatic hydroxyl groups is 1. The molecule has 0 bridgehead atoms. The van der Waals surface area contributed by atoms with Crippen LogP contribution in [-0.4, -0.2) is 20.8 Å². The summed E-state index contributed by atoms with van der Waals surface area (Å²) in [6, 6.07) is 6.75. The van der Waals surface area contributed by atoms with Crippen LogP contribution >= 0.6 is 0 Å². The van der Waals surface area contributed by atoms with Gasteiger partial charge in [0.25, 0.3) is 0 Å². The molecule has 1 amide bonds. The third-order valence-corrected chi connectivity index (χ3v) is 2.72. The summed E-state index contributed by atoms with van der Waals surface area (Å²) >= 11 is 0. The lowest BCUT2D eigenvalue weighted by atomic mass is 10.2. The van der Waals surface area contributed by atoms with Gasteiger partial charge in [-0.2, -0.15) is 5.10 Å². The Balaban J connectivity index is 2.07. The Morgan fingerprint density at radius 1 is 1.42 bits per heavy atom. The van der Waals surface area contributed by atoms with Crippen molar-refractivity contribution in [2.45, 2.75) is 20.4 Å². The molecule has 0 saturated carbocycles. The van der Waals surface area contributed by atoms with Crippen molar-refractivity contribution in [1.82, 2.24) is 9.78 Å². The SMILES string of the molecule is Cc1ccc(NC(=O)Cn2nc(N)cc2C)c(O)c1. The van der Waals surface area contributed by atoms with Crippen LogP contribution in [0.4, 0.5) is 11.5 Å². The van der Waals surface area contributed by atoms with Crippen molar-refractivity contribution in [3.05, 3.63) is 35.5 Å². The maximum atomic E-state index is 11.9. The highest BCUT2D eigenvalue weighted by molar-refractivity contribution is 5.92. The van der Waals surface area contributed by atoms with E-state index in [0.29, 0.717) is 11.5 Å². The van der Waals surface area contributed by atoms with E-state index in [1.165, 1.54) is 4.68 Å². The van der Waals surface area contributed by atoms with Crippen LogP contribution in [0.5, 0.6) is 5.75 Å². The summed E-state index contributed by atoms with van der Waals surface area (Å²) in [5.41, 5.74) is 7.66. The average molecular weight is 260 g/mol. The van der Waals surface area contributed by atoms with Gasteiger partial charge in [-0.1, -0.05) is 6.07 Å². The smallest absolute Gasteiger partial charge is 0.246 e. The molecule has 0 aliphatic heterocycles. The number of amides is 1. The maximum absolute atomic E-state index is 11.9. The van der Waals surface area contributed by atoms with Crippen LogP contribution in [0.25, 0.3) is 0 Å². The molecule has 0 unspecified atom stereocenters. The Hall–Kier alpha value is -2.50. The Morgan fingerprint density at radius 2 is 2.16 bits per heavy atom. The van der Waals surface area contributed by atoms with Gasteiger partial charge in [-0.25, -0.2) is 0 Å². The van der Waals surface area contributed by atoms with Crippen molar-refractivity contribution in [3.8, 4) is 5.75 Å². The summed E-state index contributed by atoms with van der Waals surface area (Å²) in [6.07, 6.45) is 0. The molecule has 0 radical (unpaired) electrons. The van der Waals surface area contributed by atoms with Crippen LogP contribution in [0, 0.1) is 13.8 Å². The minimum atomic E-state index is -0.273. The van der Waals surface area contributed by atoms with Crippen LogP contribution in [-0.2, 0) is 11.3 Å². The van der Waals surface area contributed by atoms with Crippen LogP contribution in [0.2, 0.25) is 0 Å². The highest BCUT2D eigenvalue weighted by atomic mass is 16.3. The summed E-state index contributed by atoms with van der Waals surface area (Å²) in [5.74, 6) is 0.152. The fourth-order valence-electron chi connectivity index (χ4n) is 1.77. The molecule has 6 nitrogen and oxygen atoms in total. The Bertz CT molecular complexity index is 619.